The Bertz CT molecular complexity index is 163. The number of hydrogen-bond donors (Lipinski definition) is 1. The van der Waals surface area contributed by atoms with Crippen LogP contribution in [-0.4, -0.2) is 5.75 Å². The van der Waals surface area contributed by atoms with Crippen molar-refractivity contribution in [3.8, 4) is 0 Å². The smallest absolute Gasteiger partial charge is 0.161 e. The lowest BCUT2D eigenvalue weighted by Crippen LogP contribution is -2.20. The molecule has 0 amide bonds. The maximum Gasteiger partial charge on any atom is 0.413 e. The number of rotatable bonds is 8. The quantitative estimate of drug-likeness (QED) is 0.377. The van der Waals surface area contributed by atoms with E-state index in [1.807, 2.05) is 0 Å². The van der Waals surface area contributed by atoms with E-state index in [2.05, 4.69) is 17.1 Å². The van der Waals surface area contributed by atoms with Crippen LogP contribution in [-0.2, 0) is 23.5 Å². The molecule has 0 saturated heterocycles. The molecule has 5 heteroatoms. The Hall–Kier alpha value is 0.0300. The van der Waals surface area contributed by atoms with E-state index >= 15 is 0 Å². The highest BCUT2D eigenvalue weighted by Gasteiger charge is 2.28. The Labute approximate surface area is 81.3 Å². The zero-order valence-corrected chi connectivity index (χ0v) is 8.98. The molecule has 0 heterocycles. The number of nitrogens with two attached hydrogens (primary N) is 1. The van der Waals surface area contributed by atoms with Crippen LogP contribution in [0.4, 0.5) is 0 Å². The summed E-state index contributed by atoms with van der Waals surface area (Å²) in [5.41, 5.74) is 0. The molecule has 0 aromatic rings. The van der Waals surface area contributed by atoms with Gasteiger partial charge in [-0.15, -0.1) is 0 Å². The Morgan fingerprint density at radius 2 is 1.69 bits per heavy atom. The van der Waals surface area contributed by atoms with Crippen molar-refractivity contribution in [1.82, 2.24) is 0 Å². The number of unbranched alkanes of at least 4 members (excludes halogenated alkanes) is 5. The van der Waals surface area contributed by atoms with Gasteiger partial charge in [-0.2, -0.15) is 5.90 Å². The molecule has 0 saturated carbocycles. The predicted molar refractivity (Wildman–Crippen MR) is 52.3 cm³/mol. The molecule has 4 nitrogen and oxygen atoms in total. The Morgan fingerprint density at radius 3 is 2.23 bits per heavy atom. The molecule has 79 valence electrons. The topological polar surface area (TPSA) is 72.2 Å². The summed E-state index contributed by atoms with van der Waals surface area (Å²) in [5.74, 6) is 4.62. The Kier molecular flexibility index (Phi) is 7.45. The highest BCUT2D eigenvalue weighted by atomic mass is 32.3. The van der Waals surface area contributed by atoms with Crippen molar-refractivity contribution in [3.05, 3.63) is 0 Å². The fraction of sp³-hybridized carbons (Fsp3) is 1.00. The SMILES string of the molecule is CCCCCCCC[S+]([O])(=O)ON. The van der Waals surface area contributed by atoms with Gasteiger partial charge in [0.15, 0.2) is 5.75 Å². The van der Waals surface area contributed by atoms with E-state index in [1.54, 1.807) is 0 Å². The minimum Gasteiger partial charge on any atom is -0.161 e. The largest absolute Gasteiger partial charge is 0.413 e. The molecule has 0 aromatic carbocycles. The summed E-state index contributed by atoms with van der Waals surface area (Å²) < 4.78 is 25.3. The van der Waals surface area contributed by atoms with E-state index in [9.17, 15) is 8.76 Å². The van der Waals surface area contributed by atoms with Crippen LogP contribution in [0, 0.1) is 0 Å². The summed E-state index contributed by atoms with van der Waals surface area (Å²) in [6.07, 6.45) is 6.27. The third-order valence-electron chi connectivity index (χ3n) is 1.89. The van der Waals surface area contributed by atoms with Crippen LogP contribution in [0.15, 0.2) is 0 Å². The van der Waals surface area contributed by atoms with Gasteiger partial charge in [0.2, 0.25) is 0 Å². The summed E-state index contributed by atoms with van der Waals surface area (Å²) in [7, 11) is -3.43. The monoisotopic (exact) mass is 209 g/mol. The first-order chi connectivity index (χ1) is 6.12. The normalized spacial score (nSPS) is 15.6. The fourth-order valence-corrected chi connectivity index (χ4v) is 1.76. The van der Waals surface area contributed by atoms with Crippen LogP contribution in [0.1, 0.15) is 45.4 Å². The van der Waals surface area contributed by atoms with E-state index < -0.39 is 10.5 Å². The van der Waals surface area contributed by atoms with Crippen molar-refractivity contribution in [2.75, 3.05) is 5.75 Å². The Balaban J connectivity index is 3.21. The molecule has 2 N–H and O–H groups in total. The lowest BCUT2D eigenvalue weighted by Gasteiger charge is -1.98. The summed E-state index contributed by atoms with van der Waals surface area (Å²) in [6, 6.07) is 0. The minimum absolute atomic E-state index is 0.0373. The van der Waals surface area contributed by atoms with Gasteiger partial charge in [0.25, 0.3) is 0 Å². The first kappa shape index (κ1) is 13.0. The first-order valence-electron chi connectivity index (χ1n) is 4.73. The molecule has 0 aliphatic carbocycles. The highest BCUT2D eigenvalue weighted by molar-refractivity contribution is 7.92. The van der Waals surface area contributed by atoms with E-state index in [4.69, 9.17) is 0 Å². The summed E-state index contributed by atoms with van der Waals surface area (Å²) in [4.78, 5) is 0. The van der Waals surface area contributed by atoms with Crippen molar-refractivity contribution < 1.29 is 13.0 Å². The van der Waals surface area contributed by atoms with Crippen molar-refractivity contribution in [2.45, 2.75) is 45.4 Å². The van der Waals surface area contributed by atoms with Crippen LogP contribution in [0.25, 0.3) is 0 Å². The van der Waals surface area contributed by atoms with Gasteiger partial charge in [0, 0.05) is 0 Å². The van der Waals surface area contributed by atoms with Crippen molar-refractivity contribution in [3.63, 3.8) is 0 Å². The predicted octanol–water partition coefficient (Wildman–Crippen LogP) is 2.00. The van der Waals surface area contributed by atoms with Crippen LogP contribution in [0.3, 0.4) is 0 Å². The molecular formula is C8H19NO3S+. The van der Waals surface area contributed by atoms with Gasteiger partial charge >= 0.3 is 10.5 Å². The molecule has 1 atom stereocenters. The standard InChI is InChI=1S/C8H19NO3S/c1-2-3-4-5-6-7-8-13(10,11)12-9/h2-9H2,1H3/q+1. The molecule has 0 rings (SSSR count). The molecule has 0 aliphatic rings. The zero-order chi connectivity index (χ0) is 10.2. The van der Waals surface area contributed by atoms with Crippen molar-refractivity contribution >= 4 is 10.5 Å². The van der Waals surface area contributed by atoms with Gasteiger partial charge in [-0.3, -0.25) is 0 Å². The average Bonchev–Trinajstić information content (AvgIpc) is 2.11. The van der Waals surface area contributed by atoms with Crippen molar-refractivity contribution in [1.29, 1.82) is 0 Å². The summed E-state index contributed by atoms with van der Waals surface area (Å²) in [6.45, 7) is 2.15. The first-order valence-corrected chi connectivity index (χ1v) is 6.31. The Morgan fingerprint density at radius 1 is 1.15 bits per heavy atom. The highest BCUT2D eigenvalue weighted by Crippen LogP contribution is 2.09. The number of hydrogen-bond acceptors (Lipinski definition) is 3. The molecule has 0 spiro atoms. The van der Waals surface area contributed by atoms with E-state index in [1.165, 1.54) is 19.3 Å². The average molecular weight is 209 g/mol. The van der Waals surface area contributed by atoms with E-state index in [-0.39, 0.29) is 5.75 Å². The minimum atomic E-state index is -3.43. The van der Waals surface area contributed by atoms with Crippen LogP contribution in [0.5, 0.6) is 0 Å². The second kappa shape index (κ2) is 7.44. The third kappa shape index (κ3) is 8.36. The van der Waals surface area contributed by atoms with Gasteiger partial charge in [0.05, 0.1) is 4.55 Å². The summed E-state index contributed by atoms with van der Waals surface area (Å²) in [5, 5.41) is 0. The summed E-state index contributed by atoms with van der Waals surface area (Å²) >= 11 is 0. The second-order valence-electron chi connectivity index (χ2n) is 3.13. The van der Waals surface area contributed by atoms with E-state index in [0.29, 0.717) is 6.42 Å². The second-order valence-corrected chi connectivity index (χ2v) is 4.84. The maximum absolute atomic E-state index is 10.7. The molecular weight excluding hydrogens is 190 g/mol. The zero-order valence-electron chi connectivity index (χ0n) is 8.16. The van der Waals surface area contributed by atoms with Gasteiger partial charge < -0.3 is 0 Å². The lowest BCUT2D eigenvalue weighted by atomic mass is 10.1. The van der Waals surface area contributed by atoms with Gasteiger partial charge in [0.1, 0.15) is 0 Å². The fourth-order valence-electron chi connectivity index (χ4n) is 1.11. The molecule has 0 aromatic heterocycles. The van der Waals surface area contributed by atoms with Crippen LogP contribution in [0.2, 0.25) is 0 Å². The molecule has 1 radical (unpaired) electrons. The maximum atomic E-state index is 10.7. The lowest BCUT2D eigenvalue weighted by molar-refractivity contribution is 0.261. The van der Waals surface area contributed by atoms with Crippen LogP contribution >= 0.6 is 0 Å². The molecule has 0 aliphatic heterocycles. The van der Waals surface area contributed by atoms with Gasteiger partial charge in [-0.1, -0.05) is 32.6 Å². The van der Waals surface area contributed by atoms with Gasteiger partial charge in [-0.05, 0) is 21.3 Å². The van der Waals surface area contributed by atoms with Crippen molar-refractivity contribution in [2.24, 2.45) is 5.90 Å². The molecule has 13 heavy (non-hydrogen) atoms. The van der Waals surface area contributed by atoms with Gasteiger partial charge in [-0.25, -0.2) is 0 Å². The van der Waals surface area contributed by atoms with E-state index in [0.717, 1.165) is 12.8 Å². The molecule has 1 unspecified atom stereocenters. The molecule has 0 fully saturated rings. The van der Waals surface area contributed by atoms with Crippen LogP contribution < -0.4 is 5.90 Å². The third-order valence-corrected chi connectivity index (χ3v) is 2.98. The molecule has 0 bridgehead atoms.